The maximum atomic E-state index is 15.2. The van der Waals surface area contributed by atoms with Crippen LogP contribution in [-0.4, -0.2) is 34.5 Å². The van der Waals surface area contributed by atoms with E-state index in [1.165, 1.54) is 0 Å². The van der Waals surface area contributed by atoms with Gasteiger partial charge in [-0.3, -0.25) is 9.78 Å². The van der Waals surface area contributed by atoms with Gasteiger partial charge in [0.1, 0.15) is 5.67 Å². The standard InChI is InChI=1S/C24H25FN2O/c1-2-23(28)27-13-11-24(25,12-14-27)16-18-7-9-19(10-8-18)21-15-20-5-3-4-6-22(20)26-17-21/h3-10,15,17H,2,11-14,16H2,1H3. The first kappa shape index (κ1) is 18.6. The molecule has 0 spiro atoms. The summed E-state index contributed by atoms with van der Waals surface area (Å²) >= 11 is 0. The first-order chi connectivity index (χ1) is 13.6. The lowest BCUT2D eigenvalue weighted by molar-refractivity contribution is -0.133. The number of carbonyl (C=O) groups is 1. The second-order valence-corrected chi connectivity index (χ2v) is 7.68. The highest BCUT2D eigenvalue weighted by atomic mass is 19.1. The summed E-state index contributed by atoms with van der Waals surface area (Å²) in [6.45, 7) is 2.89. The van der Waals surface area contributed by atoms with Crippen LogP contribution in [0.25, 0.3) is 22.0 Å². The van der Waals surface area contributed by atoms with Crippen LogP contribution in [0.2, 0.25) is 0 Å². The molecule has 1 aliphatic rings. The van der Waals surface area contributed by atoms with Crippen molar-refractivity contribution in [1.29, 1.82) is 0 Å². The molecule has 2 aromatic carbocycles. The highest BCUT2D eigenvalue weighted by Crippen LogP contribution is 2.31. The molecule has 0 unspecified atom stereocenters. The molecule has 1 aromatic heterocycles. The molecule has 3 aromatic rings. The summed E-state index contributed by atoms with van der Waals surface area (Å²) in [6.07, 6.45) is 3.60. The molecule has 1 saturated heterocycles. The molecule has 4 heteroatoms. The van der Waals surface area contributed by atoms with E-state index in [9.17, 15) is 4.79 Å². The summed E-state index contributed by atoms with van der Waals surface area (Å²) in [7, 11) is 0. The van der Waals surface area contributed by atoms with Gasteiger partial charge in [-0.2, -0.15) is 0 Å². The molecule has 3 nitrogen and oxygen atoms in total. The molecule has 0 saturated carbocycles. The second-order valence-electron chi connectivity index (χ2n) is 7.68. The number of amides is 1. The Balaban J connectivity index is 1.45. The van der Waals surface area contributed by atoms with E-state index in [0.29, 0.717) is 38.8 Å². The van der Waals surface area contributed by atoms with E-state index < -0.39 is 5.67 Å². The van der Waals surface area contributed by atoms with Gasteiger partial charge in [0.25, 0.3) is 0 Å². The molecular formula is C24H25FN2O. The van der Waals surface area contributed by atoms with Crippen molar-refractivity contribution < 1.29 is 9.18 Å². The molecule has 0 atom stereocenters. The third-order valence-electron chi connectivity index (χ3n) is 5.71. The van der Waals surface area contributed by atoms with E-state index >= 15 is 4.39 Å². The summed E-state index contributed by atoms with van der Waals surface area (Å²) in [5, 5.41) is 1.11. The molecule has 1 aliphatic heterocycles. The molecule has 0 bridgehead atoms. The fraction of sp³-hybridized carbons (Fsp3) is 0.333. The van der Waals surface area contributed by atoms with Gasteiger partial charge in [-0.25, -0.2) is 4.39 Å². The number of hydrogen-bond donors (Lipinski definition) is 0. The maximum absolute atomic E-state index is 15.2. The zero-order chi connectivity index (χ0) is 19.6. The third kappa shape index (κ3) is 3.91. The van der Waals surface area contributed by atoms with Crippen LogP contribution in [0.5, 0.6) is 0 Å². The lowest BCUT2D eigenvalue weighted by Crippen LogP contribution is -2.45. The maximum Gasteiger partial charge on any atom is 0.222 e. The Morgan fingerprint density at radius 3 is 2.50 bits per heavy atom. The van der Waals surface area contributed by atoms with E-state index in [-0.39, 0.29) is 5.91 Å². The van der Waals surface area contributed by atoms with E-state index in [4.69, 9.17) is 0 Å². The number of benzene rings is 2. The van der Waals surface area contributed by atoms with E-state index in [1.807, 2.05) is 55.6 Å². The van der Waals surface area contributed by atoms with E-state index in [0.717, 1.165) is 27.6 Å². The van der Waals surface area contributed by atoms with Crippen LogP contribution in [-0.2, 0) is 11.2 Å². The molecule has 4 rings (SSSR count). The van der Waals surface area contributed by atoms with Crippen LogP contribution in [0, 0.1) is 0 Å². The van der Waals surface area contributed by atoms with Gasteiger partial charge in [0.05, 0.1) is 5.52 Å². The van der Waals surface area contributed by atoms with Gasteiger partial charge in [0.2, 0.25) is 5.91 Å². The van der Waals surface area contributed by atoms with Crippen LogP contribution in [0.15, 0.2) is 60.8 Å². The molecule has 28 heavy (non-hydrogen) atoms. The topological polar surface area (TPSA) is 33.2 Å². The molecule has 0 N–H and O–H groups in total. The number of hydrogen-bond acceptors (Lipinski definition) is 2. The predicted octanol–water partition coefficient (Wildman–Crippen LogP) is 5.19. The quantitative estimate of drug-likeness (QED) is 0.628. The fourth-order valence-electron chi connectivity index (χ4n) is 3.97. The Morgan fingerprint density at radius 1 is 1.07 bits per heavy atom. The number of aromatic nitrogens is 1. The van der Waals surface area contributed by atoms with Gasteiger partial charge < -0.3 is 4.90 Å². The number of carbonyl (C=O) groups excluding carboxylic acids is 1. The second kappa shape index (κ2) is 7.70. The summed E-state index contributed by atoms with van der Waals surface area (Å²) in [5.41, 5.74) is 2.89. The molecule has 1 amide bonds. The molecular weight excluding hydrogens is 351 g/mol. The van der Waals surface area contributed by atoms with Crippen molar-refractivity contribution in [3.05, 3.63) is 66.4 Å². The number of pyridine rings is 1. The minimum atomic E-state index is -1.23. The average molecular weight is 376 g/mol. The minimum absolute atomic E-state index is 0.121. The molecule has 0 radical (unpaired) electrons. The Morgan fingerprint density at radius 2 is 1.79 bits per heavy atom. The summed E-state index contributed by atoms with van der Waals surface area (Å²) < 4.78 is 15.2. The van der Waals surface area contributed by atoms with E-state index in [2.05, 4.69) is 17.1 Å². The Labute approximate surface area is 165 Å². The van der Waals surface area contributed by atoms with Gasteiger partial charge in [-0.1, -0.05) is 49.4 Å². The Kier molecular flexibility index (Phi) is 5.12. The number of fused-ring (bicyclic) bond motifs is 1. The number of piperidine rings is 1. The van der Waals surface area contributed by atoms with Gasteiger partial charge in [0.15, 0.2) is 0 Å². The SMILES string of the molecule is CCC(=O)N1CCC(F)(Cc2ccc(-c3cnc4ccccc4c3)cc2)CC1. The van der Waals surface area contributed by atoms with Crippen LogP contribution < -0.4 is 0 Å². The van der Waals surface area contributed by atoms with Gasteiger partial charge in [-0.05, 0) is 36.1 Å². The number of alkyl halides is 1. The molecule has 1 fully saturated rings. The first-order valence-electron chi connectivity index (χ1n) is 9.97. The van der Waals surface area contributed by atoms with Gasteiger partial charge >= 0.3 is 0 Å². The summed E-state index contributed by atoms with van der Waals surface area (Å²) in [5.74, 6) is 0.121. The highest BCUT2D eigenvalue weighted by Gasteiger charge is 2.35. The number of likely N-dealkylation sites (tertiary alicyclic amines) is 1. The van der Waals surface area contributed by atoms with Crippen molar-refractivity contribution in [3.63, 3.8) is 0 Å². The van der Waals surface area contributed by atoms with Crippen molar-refractivity contribution in [2.24, 2.45) is 0 Å². The third-order valence-corrected chi connectivity index (χ3v) is 5.71. The van der Waals surface area contributed by atoms with Crippen LogP contribution in [0.3, 0.4) is 0 Å². The Hall–Kier alpha value is -2.75. The molecule has 144 valence electrons. The first-order valence-corrected chi connectivity index (χ1v) is 9.97. The largest absolute Gasteiger partial charge is 0.342 e. The fourth-order valence-corrected chi connectivity index (χ4v) is 3.97. The average Bonchev–Trinajstić information content (AvgIpc) is 2.74. The van der Waals surface area contributed by atoms with Crippen LogP contribution >= 0.6 is 0 Å². The van der Waals surface area contributed by atoms with Crippen LogP contribution in [0.1, 0.15) is 31.7 Å². The predicted molar refractivity (Wildman–Crippen MR) is 111 cm³/mol. The number of para-hydroxylation sites is 1. The minimum Gasteiger partial charge on any atom is -0.342 e. The number of nitrogens with zero attached hydrogens (tertiary/aromatic N) is 2. The van der Waals surface area contributed by atoms with Crippen molar-refractivity contribution >= 4 is 16.8 Å². The van der Waals surface area contributed by atoms with Crippen LogP contribution in [0.4, 0.5) is 4.39 Å². The zero-order valence-electron chi connectivity index (χ0n) is 16.2. The number of halogens is 1. The van der Waals surface area contributed by atoms with Gasteiger partial charge in [-0.15, -0.1) is 0 Å². The van der Waals surface area contributed by atoms with Crippen molar-refractivity contribution in [1.82, 2.24) is 9.88 Å². The molecule has 2 heterocycles. The van der Waals surface area contributed by atoms with Crippen molar-refractivity contribution in [2.75, 3.05) is 13.1 Å². The lowest BCUT2D eigenvalue weighted by atomic mass is 9.86. The monoisotopic (exact) mass is 376 g/mol. The summed E-state index contributed by atoms with van der Waals surface area (Å²) in [4.78, 5) is 18.1. The molecule has 0 aliphatic carbocycles. The Bertz CT molecular complexity index is 975. The normalized spacial score (nSPS) is 16.3. The van der Waals surface area contributed by atoms with E-state index in [1.54, 1.807) is 4.90 Å². The van der Waals surface area contributed by atoms with Crippen molar-refractivity contribution in [3.8, 4) is 11.1 Å². The van der Waals surface area contributed by atoms with Gasteiger partial charge in [0, 0.05) is 43.1 Å². The highest BCUT2D eigenvalue weighted by molar-refractivity contribution is 5.83. The summed E-state index contributed by atoms with van der Waals surface area (Å²) in [6, 6.07) is 18.3. The smallest absolute Gasteiger partial charge is 0.222 e. The van der Waals surface area contributed by atoms with Crippen molar-refractivity contribution in [2.45, 2.75) is 38.3 Å². The zero-order valence-corrected chi connectivity index (χ0v) is 16.2. The lowest BCUT2D eigenvalue weighted by Gasteiger charge is -2.36. The number of rotatable bonds is 4.